The van der Waals surface area contributed by atoms with Gasteiger partial charge in [0.15, 0.2) is 18.3 Å². The Hall–Kier alpha value is -4.61. The normalized spacial score (nSPS) is 23.6. The average Bonchev–Trinajstić information content (AvgIpc) is 3.43. The zero-order chi connectivity index (χ0) is 39.8. The second kappa shape index (κ2) is 18.1. The molecule has 2 fully saturated rings. The number of aryl methyl sites for hydroxylation is 1. The Morgan fingerprint density at radius 1 is 0.963 bits per heavy atom. The highest BCUT2D eigenvalue weighted by Gasteiger charge is 2.51. The van der Waals surface area contributed by atoms with E-state index < -0.39 is 84.8 Å². The summed E-state index contributed by atoms with van der Waals surface area (Å²) in [5.74, 6) is -4.70. The van der Waals surface area contributed by atoms with Crippen molar-refractivity contribution in [3.63, 3.8) is 0 Å². The van der Waals surface area contributed by atoms with Gasteiger partial charge in [-0.3, -0.25) is 19.2 Å². The first-order valence-electron chi connectivity index (χ1n) is 18.2. The van der Waals surface area contributed by atoms with Crippen LogP contribution in [0.5, 0.6) is 5.75 Å². The highest BCUT2D eigenvalue weighted by molar-refractivity contribution is 5.79. The lowest BCUT2D eigenvalue weighted by molar-refractivity contribution is -0.245. The number of benzene rings is 2. The molecule has 0 saturated carbocycles. The standard InChI is InChI=1S/C40H51F2N3O9/c1-8-29-12-13-30(36-38(54-27(5)48)37(53-26(4)47)35(24(2)51-36)52-25(3)46)19-31(29)18-28-10-14-33(15-11-28)50-17-9-16-39(6,7)44-22-34(49)45-23-40(41,42)20-32(45)21-43/h10-15,19,24,32,35-38,44H,8-9,16-18,20,22-23H2,1-7H3/t24-,32+,35-,36+,37+,38+/m1/s1. The number of hydrogen-bond donors (Lipinski definition) is 1. The zero-order valence-electron chi connectivity index (χ0n) is 32.0. The van der Waals surface area contributed by atoms with Crippen LogP contribution in [0.15, 0.2) is 42.5 Å². The van der Waals surface area contributed by atoms with E-state index >= 15 is 0 Å². The number of rotatable bonds is 15. The molecule has 54 heavy (non-hydrogen) atoms. The number of alkyl halides is 2. The molecule has 294 valence electrons. The Morgan fingerprint density at radius 3 is 2.20 bits per heavy atom. The molecule has 2 aromatic carbocycles. The third-order valence-corrected chi connectivity index (χ3v) is 9.61. The van der Waals surface area contributed by atoms with Gasteiger partial charge in [-0.2, -0.15) is 5.26 Å². The Kier molecular flexibility index (Phi) is 14.2. The van der Waals surface area contributed by atoms with Crippen LogP contribution < -0.4 is 10.1 Å². The smallest absolute Gasteiger partial charge is 0.303 e. The number of esters is 3. The lowest BCUT2D eigenvalue weighted by Crippen LogP contribution is -2.57. The Balaban J connectivity index is 1.37. The molecule has 1 N–H and O–H groups in total. The molecule has 2 saturated heterocycles. The lowest BCUT2D eigenvalue weighted by atomic mass is 9.88. The van der Waals surface area contributed by atoms with E-state index in [9.17, 15) is 33.2 Å². The number of amides is 1. The number of likely N-dealkylation sites (tertiary alicyclic amines) is 1. The van der Waals surface area contributed by atoms with Crippen molar-refractivity contribution < 1.29 is 51.6 Å². The van der Waals surface area contributed by atoms with Crippen molar-refractivity contribution in [2.24, 2.45) is 0 Å². The molecule has 4 rings (SSSR count). The van der Waals surface area contributed by atoms with Crippen LogP contribution in [0.3, 0.4) is 0 Å². The lowest BCUT2D eigenvalue weighted by Gasteiger charge is -2.44. The number of nitriles is 1. The van der Waals surface area contributed by atoms with E-state index in [1.807, 2.05) is 56.3 Å². The van der Waals surface area contributed by atoms with Crippen LogP contribution in [0.1, 0.15) is 96.1 Å². The third kappa shape index (κ3) is 11.4. The molecule has 0 radical (unpaired) electrons. The van der Waals surface area contributed by atoms with E-state index in [2.05, 4.69) is 12.2 Å². The van der Waals surface area contributed by atoms with Crippen molar-refractivity contribution in [1.82, 2.24) is 10.2 Å². The van der Waals surface area contributed by atoms with Crippen molar-refractivity contribution >= 4 is 23.8 Å². The van der Waals surface area contributed by atoms with Crippen molar-refractivity contribution in [3.8, 4) is 11.8 Å². The summed E-state index contributed by atoms with van der Waals surface area (Å²) < 4.78 is 56.5. The van der Waals surface area contributed by atoms with Crippen LogP contribution in [0, 0.1) is 11.3 Å². The minimum absolute atomic E-state index is 0.142. The first kappa shape index (κ1) is 42.1. The van der Waals surface area contributed by atoms with Crippen LogP contribution >= 0.6 is 0 Å². The van der Waals surface area contributed by atoms with Gasteiger partial charge in [0.1, 0.15) is 17.9 Å². The maximum absolute atomic E-state index is 13.8. The molecule has 0 aromatic heterocycles. The first-order valence-corrected chi connectivity index (χ1v) is 18.2. The summed E-state index contributed by atoms with van der Waals surface area (Å²) in [5.41, 5.74) is 3.42. The summed E-state index contributed by atoms with van der Waals surface area (Å²) in [5, 5.41) is 12.3. The van der Waals surface area contributed by atoms with Gasteiger partial charge in [-0.15, -0.1) is 0 Å². The maximum Gasteiger partial charge on any atom is 0.303 e. The second-order valence-electron chi connectivity index (χ2n) is 14.6. The van der Waals surface area contributed by atoms with E-state index in [0.717, 1.165) is 28.0 Å². The van der Waals surface area contributed by atoms with Crippen LogP contribution in [-0.2, 0) is 51.0 Å². The average molecular weight is 756 g/mol. The van der Waals surface area contributed by atoms with Crippen molar-refractivity contribution in [2.75, 3.05) is 19.7 Å². The van der Waals surface area contributed by atoms with E-state index in [1.165, 1.54) is 20.8 Å². The van der Waals surface area contributed by atoms with Gasteiger partial charge >= 0.3 is 17.9 Å². The van der Waals surface area contributed by atoms with Crippen molar-refractivity contribution in [1.29, 1.82) is 5.26 Å². The molecule has 0 bridgehead atoms. The molecule has 14 heteroatoms. The molecule has 0 unspecified atom stereocenters. The summed E-state index contributed by atoms with van der Waals surface area (Å²) in [4.78, 5) is 49.8. The number of halogens is 2. The summed E-state index contributed by atoms with van der Waals surface area (Å²) in [7, 11) is 0. The Labute approximate surface area is 315 Å². The van der Waals surface area contributed by atoms with Crippen LogP contribution in [-0.4, -0.2) is 90.3 Å². The number of nitrogens with zero attached hydrogens (tertiary/aromatic N) is 2. The summed E-state index contributed by atoms with van der Waals surface area (Å²) in [6, 6.07) is 14.3. The number of ether oxygens (including phenoxy) is 5. The highest BCUT2D eigenvalue weighted by atomic mass is 19.3. The summed E-state index contributed by atoms with van der Waals surface area (Å²) in [6.45, 7) is 10.9. The predicted molar refractivity (Wildman–Crippen MR) is 193 cm³/mol. The molecule has 0 aliphatic carbocycles. The van der Waals surface area contributed by atoms with Gasteiger partial charge in [0.05, 0.1) is 31.9 Å². The molecule has 12 nitrogen and oxygen atoms in total. The molecular weight excluding hydrogens is 704 g/mol. The molecule has 2 aromatic rings. The van der Waals surface area contributed by atoms with Gasteiger partial charge < -0.3 is 33.9 Å². The zero-order valence-corrected chi connectivity index (χ0v) is 32.0. The minimum atomic E-state index is -3.05. The van der Waals surface area contributed by atoms with Crippen LogP contribution in [0.4, 0.5) is 8.78 Å². The third-order valence-electron chi connectivity index (χ3n) is 9.61. The van der Waals surface area contributed by atoms with Gasteiger partial charge in [0.25, 0.3) is 5.92 Å². The molecule has 2 heterocycles. The van der Waals surface area contributed by atoms with E-state index in [0.29, 0.717) is 37.2 Å². The van der Waals surface area contributed by atoms with Crippen LogP contribution in [0.2, 0.25) is 0 Å². The van der Waals surface area contributed by atoms with Crippen molar-refractivity contribution in [3.05, 3.63) is 64.7 Å². The van der Waals surface area contributed by atoms with Gasteiger partial charge in [0, 0.05) is 32.7 Å². The number of hydrogen-bond acceptors (Lipinski definition) is 11. The van der Waals surface area contributed by atoms with Crippen LogP contribution in [0.25, 0.3) is 0 Å². The number of carbonyl (C=O) groups is 4. The number of carbonyl (C=O) groups excluding carboxylic acids is 4. The summed E-state index contributed by atoms with van der Waals surface area (Å²) >= 11 is 0. The van der Waals surface area contributed by atoms with Crippen molar-refractivity contribution in [2.45, 2.75) is 129 Å². The molecule has 1 amide bonds. The van der Waals surface area contributed by atoms with E-state index in [1.54, 1.807) is 13.0 Å². The molecule has 0 spiro atoms. The molecular formula is C40H51F2N3O9. The van der Waals surface area contributed by atoms with E-state index in [-0.39, 0.29) is 6.54 Å². The predicted octanol–water partition coefficient (Wildman–Crippen LogP) is 5.38. The first-order chi connectivity index (χ1) is 25.4. The molecule has 2 aliphatic rings. The van der Waals surface area contributed by atoms with Gasteiger partial charge in [0.2, 0.25) is 5.91 Å². The SMILES string of the molecule is CCc1ccc([C@@H]2O[C@H](C)[C@@H](OC(C)=O)[C@H](OC(C)=O)[C@H]2OC(C)=O)cc1Cc1ccc(OCCCC(C)(C)NCC(=O)N2CC(F)(F)C[C@H]2C#N)cc1. The number of nitrogens with one attached hydrogen (secondary N) is 1. The fraction of sp³-hybridized carbons (Fsp3) is 0.575. The fourth-order valence-electron chi connectivity index (χ4n) is 6.94. The maximum atomic E-state index is 13.8. The Morgan fingerprint density at radius 2 is 1.59 bits per heavy atom. The van der Waals surface area contributed by atoms with Gasteiger partial charge in [-0.25, -0.2) is 8.78 Å². The highest BCUT2D eigenvalue weighted by Crippen LogP contribution is 2.38. The minimum Gasteiger partial charge on any atom is -0.494 e. The quantitative estimate of drug-likeness (QED) is 0.142. The topological polar surface area (TPSA) is 153 Å². The largest absolute Gasteiger partial charge is 0.494 e. The van der Waals surface area contributed by atoms with Gasteiger partial charge in [-0.05, 0) is 80.8 Å². The molecule has 6 atom stereocenters. The Bertz CT molecular complexity index is 1690. The fourth-order valence-corrected chi connectivity index (χ4v) is 6.94. The van der Waals surface area contributed by atoms with Gasteiger partial charge in [-0.1, -0.05) is 37.3 Å². The molecule has 2 aliphatic heterocycles. The monoisotopic (exact) mass is 755 g/mol. The summed E-state index contributed by atoms with van der Waals surface area (Å²) in [6.07, 6.45) is -2.60. The van der Waals surface area contributed by atoms with E-state index in [4.69, 9.17) is 23.7 Å². The second-order valence-corrected chi connectivity index (χ2v) is 14.6.